The third-order valence-corrected chi connectivity index (χ3v) is 5.72. The van der Waals surface area contributed by atoms with Gasteiger partial charge in [0.05, 0.1) is 13.2 Å². The summed E-state index contributed by atoms with van der Waals surface area (Å²) in [6, 6.07) is 10.8. The summed E-state index contributed by atoms with van der Waals surface area (Å²) in [5, 5.41) is 8.55. The Labute approximate surface area is 192 Å². The zero-order chi connectivity index (χ0) is 22.9. The number of nitrogens with one attached hydrogen (secondary N) is 3. The quantitative estimate of drug-likeness (QED) is 0.527. The van der Waals surface area contributed by atoms with Crippen LogP contribution in [0.2, 0.25) is 5.02 Å². The van der Waals surface area contributed by atoms with Crippen molar-refractivity contribution in [2.45, 2.75) is 25.3 Å². The standard InChI is InChI=1S/C23H28ClFN4O3/c1-32-17-9-7-16(8-10-17)28-23(31)26-12-11-21(30)27-15-20(29-13-2-3-14-29)22-18(24)5-4-6-19(22)25/h4-10,20H,2-3,11-15H2,1H3,(H,27,30)(H2,26,28,31)/t20-/m1/s1. The summed E-state index contributed by atoms with van der Waals surface area (Å²) >= 11 is 6.28. The zero-order valence-electron chi connectivity index (χ0n) is 18.0. The number of urea groups is 1. The lowest BCUT2D eigenvalue weighted by Crippen LogP contribution is -2.39. The smallest absolute Gasteiger partial charge is 0.319 e. The van der Waals surface area contributed by atoms with E-state index in [0.717, 1.165) is 25.9 Å². The molecule has 172 valence electrons. The molecule has 0 bridgehead atoms. The molecule has 1 fully saturated rings. The lowest BCUT2D eigenvalue weighted by Gasteiger charge is -2.29. The molecule has 0 aliphatic carbocycles. The molecule has 1 heterocycles. The van der Waals surface area contributed by atoms with Gasteiger partial charge in [0.15, 0.2) is 0 Å². The van der Waals surface area contributed by atoms with Crippen LogP contribution in [0.3, 0.4) is 0 Å². The van der Waals surface area contributed by atoms with E-state index >= 15 is 0 Å². The molecule has 3 amide bonds. The van der Waals surface area contributed by atoms with Crippen molar-refractivity contribution in [3.8, 4) is 5.75 Å². The van der Waals surface area contributed by atoms with Gasteiger partial charge in [0.25, 0.3) is 0 Å². The van der Waals surface area contributed by atoms with Crippen LogP contribution in [0.1, 0.15) is 30.9 Å². The van der Waals surface area contributed by atoms with Gasteiger partial charge in [0.2, 0.25) is 5.91 Å². The summed E-state index contributed by atoms with van der Waals surface area (Å²) in [6.45, 7) is 2.08. The number of carbonyl (C=O) groups excluding carboxylic acids is 2. The normalized spacial score (nSPS) is 14.6. The highest BCUT2D eigenvalue weighted by molar-refractivity contribution is 6.31. The molecule has 2 aromatic rings. The Bertz CT molecular complexity index is 900. The summed E-state index contributed by atoms with van der Waals surface area (Å²) in [6.07, 6.45) is 2.17. The Morgan fingerprint density at radius 2 is 1.84 bits per heavy atom. The molecule has 1 atom stereocenters. The Kier molecular flexibility index (Phi) is 8.70. The minimum Gasteiger partial charge on any atom is -0.497 e. The molecule has 1 aliphatic heterocycles. The molecule has 0 aromatic heterocycles. The Hall–Kier alpha value is -2.84. The number of halogens is 2. The predicted molar refractivity (Wildman–Crippen MR) is 123 cm³/mol. The van der Waals surface area contributed by atoms with Crippen LogP contribution in [0.4, 0.5) is 14.9 Å². The second-order valence-electron chi connectivity index (χ2n) is 7.56. The van der Waals surface area contributed by atoms with Crippen LogP contribution in [-0.2, 0) is 4.79 Å². The van der Waals surface area contributed by atoms with Crippen LogP contribution < -0.4 is 20.7 Å². The number of likely N-dealkylation sites (tertiary alicyclic amines) is 1. The van der Waals surface area contributed by atoms with E-state index in [4.69, 9.17) is 16.3 Å². The van der Waals surface area contributed by atoms with E-state index in [-0.39, 0.29) is 37.3 Å². The van der Waals surface area contributed by atoms with Crippen molar-refractivity contribution in [1.29, 1.82) is 0 Å². The Balaban J connectivity index is 1.47. The molecule has 32 heavy (non-hydrogen) atoms. The third kappa shape index (κ3) is 6.58. The maximum Gasteiger partial charge on any atom is 0.319 e. The molecule has 0 unspecified atom stereocenters. The molecule has 9 heteroatoms. The number of amides is 3. The van der Waals surface area contributed by atoms with Crippen molar-refractivity contribution in [1.82, 2.24) is 15.5 Å². The lowest BCUT2D eigenvalue weighted by atomic mass is 10.0. The van der Waals surface area contributed by atoms with Gasteiger partial charge in [-0.25, -0.2) is 9.18 Å². The first-order valence-electron chi connectivity index (χ1n) is 10.6. The number of methoxy groups -OCH3 is 1. The molecule has 2 aromatic carbocycles. The first-order chi connectivity index (χ1) is 15.5. The number of hydrogen-bond donors (Lipinski definition) is 3. The van der Waals surface area contributed by atoms with Crippen LogP contribution in [0.5, 0.6) is 5.75 Å². The van der Waals surface area contributed by atoms with E-state index in [9.17, 15) is 14.0 Å². The van der Waals surface area contributed by atoms with E-state index in [0.29, 0.717) is 22.0 Å². The maximum atomic E-state index is 14.5. The monoisotopic (exact) mass is 462 g/mol. The highest BCUT2D eigenvalue weighted by Crippen LogP contribution is 2.31. The van der Waals surface area contributed by atoms with E-state index in [2.05, 4.69) is 20.9 Å². The van der Waals surface area contributed by atoms with Crippen molar-refractivity contribution < 1.29 is 18.7 Å². The van der Waals surface area contributed by atoms with E-state index in [1.807, 2.05) is 0 Å². The molecular formula is C23H28ClFN4O3. The van der Waals surface area contributed by atoms with Gasteiger partial charge in [-0.15, -0.1) is 0 Å². The van der Waals surface area contributed by atoms with Crippen LogP contribution in [0.25, 0.3) is 0 Å². The van der Waals surface area contributed by atoms with E-state index < -0.39 is 6.03 Å². The fourth-order valence-corrected chi connectivity index (χ4v) is 4.02. The Morgan fingerprint density at radius 1 is 1.12 bits per heavy atom. The predicted octanol–water partition coefficient (Wildman–Crippen LogP) is 3.95. The molecular weight excluding hydrogens is 435 g/mol. The summed E-state index contributed by atoms with van der Waals surface area (Å²) in [5.41, 5.74) is 1.02. The van der Waals surface area contributed by atoms with Crippen LogP contribution in [0, 0.1) is 5.82 Å². The van der Waals surface area contributed by atoms with Gasteiger partial charge in [-0.1, -0.05) is 17.7 Å². The third-order valence-electron chi connectivity index (χ3n) is 5.39. The molecule has 0 saturated carbocycles. The summed E-state index contributed by atoms with van der Waals surface area (Å²) < 4.78 is 19.6. The fraction of sp³-hybridized carbons (Fsp3) is 0.391. The average Bonchev–Trinajstić information content (AvgIpc) is 3.31. The van der Waals surface area contributed by atoms with Crippen molar-refractivity contribution in [2.24, 2.45) is 0 Å². The molecule has 3 N–H and O–H groups in total. The van der Waals surface area contributed by atoms with Gasteiger partial charge in [-0.05, 0) is 62.3 Å². The minimum atomic E-state index is -0.406. The van der Waals surface area contributed by atoms with Crippen molar-refractivity contribution in [3.05, 3.63) is 58.9 Å². The first kappa shape index (κ1) is 23.8. The average molecular weight is 463 g/mol. The van der Waals surface area contributed by atoms with Gasteiger partial charge < -0.3 is 20.7 Å². The highest BCUT2D eigenvalue weighted by atomic mass is 35.5. The largest absolute Gasteiger partial charge is 0.497 e. The van der Waals surface area contributed by atoms with E-state index in [1.165, 1.54) is 6.07 Å². The number of benzene rings is 2. The maximum absolute atomic E-state index is 14.5. The van der Waals surface area contributed by atoms with Crippen molar-refractivity contribution in [3.63, 3.8) is 0 Å². The van der Waals surface area contributed by atoms with Crippen molar-refractivity contribution in [2.75, 3.05) is 38.6 Å². The highest BCUT2D eigenvalue weighted by Gasteiger charge is 2.28. The van der Waals surface area contributed by atoms with E-state index in [1.54, 1.807) is 43.5 Å². The number of carbonyl (C=O) groups is 2. The molecule has 0 spiro atoms. The summed E-state index contributed by atoms with van der Waals surface area (Å²) in [5.74, 6) is 0.0865. The topological polar surface area (TPSA) is 82.7 Å². The SMILES string of the molecule is COc1ccc(NC(=O)NCCC(=O)NC[C@H](c2c(F)cccc2Cl)N2CCCC2)cc1. The second kappa shape index (κ2) is 11.7. The number of nitrogens with zero attached hydrogens (tertiary/aromatic N) is 1. The number of ether oxygens (including phenoxy) is 1. The van der Waals surface area contributed by atoms with Gasteiger partial charge in [-0.2, -0.15) is 0 Å². The number of hydrogen-bond acceptors (Lipinski definition) is 4. The second-order valence-corrected chi connectivity index (χ2v) is 7.96. The summed E-state index contributed by atoms with van der Waals surface area (Å²) in [4.78, 5) is 26.5. The number of anilines is 1. The molecule has 7 nitrogen and oxygen atoms in total. The first-order valence-corrected chi connectivity index (χ1v) is 11.0. The van der Waals surface area contributed by atoms with Crippen LogP contribution in [0.15, 0.2) is 42.5 Å². The minimum absolute atomic E-state index is 0.105. The van der Waals surface area contributed by atoms with Gasteiger partial charge in [0, 0.05) is 35.8 Å². The fourth-order valence-electron chi connectivity index (χ4n) is 3.73. The Morgan fingerprint density at radius 3 is 2.50 bits per heavy atom. The van der Waals surface area contributed by atoms with Crippen molar-refractivity contribution >= 4 is 29.2 Å². The number of rotatable bonds is 9. The van der Waals surface area contributed by atoms with Crippen LogP contribution >= 0.6 is 11.6 Å². The molecule has 0 radical (unpaired) electrons. The van der Waals surface area contributed by atoms with Crippen LogP contribution in [-0.4, -0.2) is 50.1 Å². The summed E-state index contributed by atoms with van der Waals surface area (Å²) in [7, 11) is 1.57. The molecule has 3 rings (SSSR count). The lowest BCUT2D eigenvalue weighted by molar-refractivity contribution is -0.121. The molecule has 1 saturated heterocycles. The van der Waals surface area contributed by atoms with Gasteiger partial charge in [-0.3, -0.25) is 9.69 Å². The molecule has 1 aliphatic rings. The van der Waals surface area contributed by atoms with Gasteiger partial charge in [0.1, 0.15) is 11.6 Å². The zero-order valence-corrected chi connectivity index (χ0v) is 18.8. The van der Waals surface area contributed by atoms with Gasteiger partial charge >= 0.3 is 6.03 Å².